The Kier molecular flexibility index (Phi) is 3.62. The highest BCUT2D eigenvalue weighted by molar-refractivity contribution is 8.00. The molecule has 1 unspecified atom stereocenters. The topological polar surface area (TPSA) is 0 Å². The van der Waals surface area contributed by atoms with E-state index in [1.165, 1.54) is 27.3 Å². The summed E-state index contributed by atoms with van der Waals surface area (Å²) in [5.41, 5.74) is 5.62. The molecule has 0 bridgehead atoms. The van der Waals surface area contributed by atoms with E-state index in [2.05, 4.69) is 77.3 Å². The minimum Gasteiger partial charge on any atom is -0.280 e. The molecule has 0 saturated carbocycles. The third kappa shape index (κ3) is 2.51. The van der Waals surface area contributed by atoms with E-state index < -0.39 is 0 Å². The molecule has 110 valence electrons. The first-order valence-electron chi connectivity index (χ1n) is 7.61. The first-order valence-corrected chi connectivity index (χ1v) is 8.49. The van der Waals surface area contributed by atoms with Crippen LogP contribution in [0.1, 0.15) is 41.8 Å². The summed E-state index contributed by atoms with van der Waals surface area (Å²) in [4.78, 5) is 1.43. The largest absolute Gasteiger partial charge is 0.280 e. The van der Waals surface area contributed by atoms with E-state index in [4.69, 9.17) is 0 Å². The van der Waals surface area contributed by atoms with Gasteiger partial charge in [-0.05, 0) is 30.0 Å². The maximum absolute atomic E-state index is 2.32. The normalized spacial score (nSPS) is 19.8. The second-order valence-electron chi connectivity index (χ2n) is 6.80. The minimum absolute atomic E-state index is 0.447. The van der Waals surface area contributed by atoms with E-state index in [0.29, 0.717) is 11.3 Å². The van der Waals surface area contributed by atoms with Gasteiger partial charge in [-0.15, -0.1) is 0 Å². The van der Waals surface area contributed by atoms with E-state index >= 15 is 0 Å². The summed E-state index contributed by atoms with van der Waals surface area (Å²) in [6.07, 6.45) is 0. The third-order valence-corrected chi connectivity index (χ3v) is 6.05. The number of benzene rings is 2. The maximum atomic E-state index is 2.32. The summed E-state index contributed by atoms with van der Waals surface area (Å²) in [6.45, 7) is 6.67. The van der Waals surface area contributed by atoms with Crippen molar-refractivity contribution in [2.45, 2.75) is 37.0 Å². The fourth-order valence-corrected chi connectivity index (χ4v) is 4.65. The van der Waals surface area contributed by atoms with E-state index in [0.717, 1.165) is 4.48 Å². The van der Waals surface area contributed by atoms with Gasteiger partial charge in [-0.1, -0.05) is 55.9 Å². The monoisotopic (exact) mass is 298 g/mol. The number of nitrogens with zero attached hydrogens (tertiary/aromatic N) is 1. The Hall–Kier alpha value is -1.25. The van der Waals surface area contributed by atoms with Crippen LogP contribution < -0.4 is 4.48 Å². The van der Waals surface area contributed by atoms with Crippen molar-refractivity contribution in [3.8, 4) is 0 Å². The number of aryl methyl sites for hydroxylation is 1. The van der Waals surface area contributed by atoms with Crippen molar-refractivity contribution in [2.75, 3.05) is 14.1 Å². The fourth-order valence-electron chi connectivity index (χ4n) is 3.06. The van der Waals surface area contributed by atoms with Gasteiger partial charge >= 0.3 is 0 Å². The summed E-state index contributed by atoms with van der Waals surface area (Å²) in [7, 11) is 4.63. The number of hydrogen-bond acceptors (Lipinski definition) is 1. The number of thioether (sulfide) groups is 1. The lowest BCUT2D eigenvalue weighted by Gasteiger charge is -2.31. The third-order valence-electron chi connectivity index (χ3n) is 4.45. The number of hydrogen-bond donors (Lipinski definition) is 0. The van der Waals surface area contributed by atoms with Gasteiger partial charge in [0.1, 0.15) is 5.69 Å². The highest BCUT2D eigenvalue weighted by atomic mass is 32.2. The van der Waals surface area contributed by atoms with E-state index in [1.54, 1.807) is 0 Å². The summed E-state index contributed by atoms with van der Waals surface area (Å²) < 4.78 is 0.918. The molecule has 2 aromatic rings. The van der Waals surface area contributed by atoms with Crippen LogP contribution in [0.25, 0.3) is 0 Å². The Morgan fingerprint density at radius 3 is 2.29 bits per heavy atom. The Balaban J connectivity index is 1.97. The van der Waals surface area contributed by atoms with Gasteiger partial charge in [-0.3, -0.25) is 4.48 Å². The average Bonchev–Trinajstić information content (AvgIpc) is 2.70. The van der Waals surface area contributed by atoms with Gasteiger partial charge in [0.05, 0.1) is 19.0 Å². The van der Waals surface area contributed by atoms with Gasteiger partial charge in [0.15, 0.2) is 5.37 Å². The van der Waals surface area contributed by atoms with Crippen LogP contribution in [0.5, 0.6) is 0 Å². The summed E-state index contributed by atoms with van der Waals surface area (Å²) in [5, 5.41) is 0.447. The number of fused-ring (bicyclic) bond motifs is 1. The molecule has 1 aliphatic heterocycles. The molecule has 0 spiro atoms. The lowest BCUT2D eigenvalue weighted by Crippen LogP contribution is -2.39. The van der Waals surface area contributed by atoms with Crippen LogP contribution in [0, 0.1) is 6.92 Å². The van der Waals surface area contributed by atoms with Gasteiger partial charge < -0.3 is 0 Å². The SMILES string of the molecule is Cc1ccc2c(c1)SC(c1ccc(C(C)C)cc1)[N+]2(C)C. The van der Waals surface area contributed by atoms with Crippen molar-refractivity contribution in [3.63, 3.8) is 0 Å². The Bertz CT molecular complexity index is 656. The van der Waals surface area contributed by atoms with Crippen LogP contribution in [0.3, 0.4) is 0 Å². The van der Waals surface area contributed by atoms with Crippen LogP contribution >= 0.6 is 11.8 Å². The molecular formula is C19H24NS+. The molecule has 0 amide bonds. The number of quaternary nitrogens is 1. The van der Waals surface area contributed by atoms with Crippen LogP contribution in [0.15, 0.2) is 47.4 Å². The quantitative estimate of drug-likeness (QED) is 0.661. The zero-order valence-electron chi connectivity index (χ0n) is 13.6. The van der Waals surface area contributed by atoms with E-state index in [9.17, 15) is 0 Å². The predicted molar refractivity (Wildman–Crippen MR) is 94.0 cm³/mol. The van der Waals surface area contributed by atoms with Gasteiger partial charge in [-0.2, -0.15) is 0 Å². The molecule has 2 heteroatoms. The highest BCUT2D eigenvalue weighted by Crippen LogP contribution is 2.54. The Morgan fingerprint density at radius 1 is 1.00 bits per heavy atom. The second-order valence-corrected chi connectivity index (χ2v) is 7.92. The van der Waals surface area contributed by atoms with Crippen LogP contribution in [-0.2, 0) is 0 Å². The lowest BCUT2D eigenvalue weighted by atomic mass is 10.0. The van der Waals surface area contributed by atoms with Crippen LogP contribution in [0.2, 0.25) is 0 Å². The van der Waals surface area contributed by atoms with Gasteiger partial charge in [-0.25, -0.2) is 0 Å². The molecule has 21 heavy (non-hydrogen) atoms. The fraction of sp³-hybridized carbons (Fsp3) is 0.368. The lowest BCUT2D eigenvalue weighted by molar-refractivity contribution is 0.388. The Morgan fingerprint density at radius 2 is 1.67 bits per heavy atom. The summed E-state index contributed by atoms with van der Waals surface area (Å²) >= 11 is 2.00. The maximum Gasteiger partial charge on any atom is 0.170 e. The standard InChI is InChI=1S/C19H24NS/c1-13(2)15-7-9-16(10-8-15)19-20(4,5)17-11-6-14(3)12-18(17)21-19/h6-13,19H,1-5H3/q+1. The number of rotatable bonds is 2. The Labute approximate surface area is 132 Å². The van der Waals surface area contributed by atoms with E-state index in [1.807, 2.05) is 11.8 Å². The average molecular weight is 298 g/mol. The van der Waals surface area contributed by atoms with Crippen molar-refractivity contribution in [1.82, 2.24) is 4.48 Å². The molecule has 1 atom stereocenters. The molecule has 1 heterocycles. The molecule has 0 saturated heterocycles. The van der Waals surface area contributed by atoms with Crippen molar-refractivity contribution in [3.05, 3.63) is 59.2 Å². The molecule has 1 aliphatic rings. The summed E-state index contributed by atoms with van der Waals surface area (Å²) in [6, 6.07) is 16.0. The predicted octanol–water partition coefficient (Wildman–Crippen LogP) is 5.49. The van der Waals surface area contributed by atoms with E-state index in [-0.39, 0.29) is 0 Å². The first kappa shape index (κ1) is 14.7. The molecular weight excluding hydrogens is 274 g/mol. The van der Waals surface area contributed by atoms with Gasteiger partial charge in [0.2, 0.25) is 0 Å². The molecule has 0 N–H and O–H groups in total. The first-order chi connectivity index (χ1) is 9.89. The van der Waals surface area contributed by atoms with Gasteiger partial charge in [0.25, 0.3) is 0 Å². The van der Waals surface area contributed by atoms with Crippen molar-refractivity contribution in [2.24, 2.45) is 0 Å². The summed E-state index contributed by atoms with van der Waals surface area (Å²) in [5.74, 6) is 0.595. The minimum atomic E-state index is 0.447. The van der Waals surface area contributed by atoms with Crippen LogP contribution in [0.4, 0.5) is 5.69 Å². The van der Waals surface area contributed by atoms with Crippen molar-refractivity contribution in [1.29, 1.82) is 0 Å². The molecule has 3 rings (SSSR count). The van der Waals surface area contributed by atoms with Gasteiger partial charge in [0, 0.05) is 11.6 Å². The smallest absolute Gasteiger partial charge is 0.170 e. The van der Waals surface area contributed by atoms with Crippen LogP contribution in [-0.4, -0.2) is 14.1 Å². The highest BCUT2D eigenvalue weighted by Gasteiger charge is 2.41. The molecule has 2 aromatic carbocycles. The second kappa shape index (κ2) is 5.19. The van der Waals surface area contributed by atoms with Crippen molar-refractivity contribution >= 4 is 17.4 Å². The molecule has 0 fully saturated rings. The molecule has 0 radical (unpaired) electrons. The zero-order chi connectivity index (χ0) is 15.2. The molecule has 0 aromatic heterocycles. The zero-order valence-corrected chi connectivity index (χ0v) is 14.4. The molecule has 0 aliphatic carbocycles. The van der Waals surface area contributed by atoms with Crippen molar-refractivity contribution < 1.29 is 0 Å². The molecule has 1 nitrogen and oxygen atoms in total.